The zero-order chi connectivity index (χ0) is 24.9. The van der Waals surface area contributed by atoms with Gasteiger partial charge in [0.15, 0.2) is 11.6 Å². The monoisotopic (exact) mass is 499 g/mol. The van der Waals surface area contributed by atoms with Gasteiger partial charge in [-0.25, -0.2) is 26.7 Å². The Morgan fingerprint density at radius 1 is 0.636 bits per heavy atom. The Bertz CT molecular complexity index is 1290. The van der Waals surface area contributed by atoms with Gasteiger partial charge in [-0.3, -0.25) is 0 Å². The molecule has 176 valence electrons. The van der Waals surface area contributed by atoms with Crippen molar-refractivity contribution >= 4 is 10.0 Å². The summed E-state index contributed by atoms with van der Waals surface area (Å²) < 4.78 is 144. The number of hydrogen-bond donors (Lipinski definition) is 1. The Morgan fingerprint density at radius 2 is 1.03 bits per heavy atom. The minimum absolute atomic E-state index is 0.0411. The molecule has 33 heavy (non-hydrogen) atoms. The molecule has 0 aliphatic heterocycles. The fourth-order valence-electron chi connectivity index (χ4n) is 3.04. The third-order valence-electron chi connectivity index (χ3n) is 4.55. The van der Waals surface area contributed by atoms with Gasteiger partial charge in [-0.1, -0.05) is 12.1 Å². The summed E-state index contributed by atoms with van der Waals surface area (Å²) in [7, 11) is -4.15. The van der Waals surface area contributed by atoms with E-state index in [-0.39, 0.29) is 23.3 Å². The zero-order valence-corrected chi connectivity index (χ0v) is 16.6. The van der Waals surface area contributed by atoms with Crippen LogP contribution in [0.4, 0.5) is 39.5 Å². The minimum Gasteiger partial charge on any atom is -0.225 e. The Morgan fingerprint density at radius 3 is 1.39 bits per heavy atom. The van der Waals surface area contributed by atoms with Crippen molar-refractivity contribution in [2.24, 2.45) is 5.14 Å². The van der Waals surface area contributed by atoms with Crippen LogP contribution in [0.3, 0.4) is 0 Å². The van der Waals surface area contributed by atoms with Crippen molar-refractivity contribution in [2.45, 2.75) is 17.2 Å². The van der Waals surface area contributed by atoms with E-state index in [0.717, 1.165) is 24.3 Å². The van der Waals surface area contributed by atoms with Crippen LogP contribution in [0.15, 0.2) is 53.4 Å². The second-order valence-electron chi connectivity index (χ2n) is 6.76. The lowest BCUT2D eigenvalue weighted by molar-refractivity contribution is -0.147. The van der Waals surface area contributed by atoms with Gasteiger partial charge >= 0.3 is 12.4 Å². The van der Waals surface area contributed by atoms with Crippen LogP contribution in [0.25, 0.3) is 22.3 Å². The quantitative estimate of drug-likeness (QED) is 0.442. The van der Waals surface area contributed by atoms with Crippen LogP contribution >= 0.6 is 0 Å². The third-order valence-corrected chi connectivity index (χ3v) is 5.48. The molecule has 0 saturated carbocycles. The molecule has 0 heterocycles. The molecule has 3 aromatic rings. The van der Waals surface area contributed by atoms with Gasteiger partial charge in [0.05, 0.1) is 16.0 Å². The summed E-state index contributed by atoms with van der Waals surface area (Å²) in [6.07, 6.45) is -11.1. The summed E-state index contributed by atoms with van der Waals surface area (Å²) in [5.41, 5.74) is -6.53. The smallest absolute Gasteiger partial charge is 0.225 e. The first-order valence-corrected chi connectivity index (χ1v) is 10.2. The molecule has 0 aromatic heterocycles. The Kier molecular flexibility index (Phi) is 6.00. The van der Waals surface area contributed by atoms with Gasteiger partial charge in [0, 0.05) is 0 Å². The fraction of sp³-hybridized carbons (Fsp3) is 0.100. The van der Waals surface area contributed by atoms with Crippen molar-refractivity contribution < 1.29 is 47.9 Å². The van der Waals surface area contributed by atoms with E-state index in [4.69, 9.17) is 5.14 Å². The summed E-state index contributed by atoms with van der Waals surface area (Å²) in [6, 6.07) is 4.90. The van der Waals surface area contributed by atoms with Crippen LogP contribution in [-0.2, 0) is 22.4 Å². The molecule has 0 fully saturated rings. The molecule has 0 bridgehead atoms. The second-order valence-corrected chi connectivity index (χ2v) is 8.32. The number of hydrogen-bond acceptors (Lipinski definition) is 2. The summed E-state index contributed by atoms with van der Waals surface area (Å²) in [4.78, 5) is -0.393. The second kappa shape index (κ2) is 8.06. The zero-order valence-electron chi connectivity index (χ0n) is 15.8. The standard InChI is InChI=1S/C20H10F9NO2S/c21-16-7-12(9-1-3-11(4-2-9)33(30,31)32)13(8-17(16)22)10-5-14(19(24,25)26)18(23)15(6-10)20(27,28)29/h1-8H,(H2,30,31,32). The van der Waals surface area contributed by atoms with Gasteiger partial charge < -0.3 is 0 Å². The first kappa shape index (κ1) is 24.6. The molecule has 13 heteroatoms. The Labute approximate surface area is 180 Å². The van der Waals surface area contributed by atoms with E-state index in [0.29, 0.717) is 12.1 Å². The van der Waals surface area contributed by atoms with Crippen molar-refractivity contribution in [2.75, 3.05) is 0 Å². The van der Waals surface area contributed by atoms with Gasteiger partial charge in [0.25, 0.3) is 0 Å². The number of nitrogens with two attached hydrogens (primary N) is 1. The van der Waals surface area contributed by atoms with Crippen molar-refractivity contribution in [3.05, 3.63) is 77.1 Å². The highest BCUT2D eigenvalue weighted by molar-refractivity contribution is 7.89. The molecule has 0 aliphatic rings. The summed E-state index contributed by atoms with van der Waals surface area (Å²) in [5, 5.41) is 4.95. The molecule has 0 spiro atoms. The van der Waals surface area contributed by atoms with Crippen LogP contribution in [0.5, 0.6) is 0 Å². The molecule has 0 radical (unpaired) electrons. The fourth-order valence-corrected chi connectivity index (χ4v) is 3.56. The number of primary sulfonamides is 1. The van der Waals surface area contributed by atoms with Crippen LogP contribution < -0.4 is 5.14 Å². The Balaban J connectivity index is 2.35. The molecule has 0 unspecified atom stereocenters. The van der Waals surface area contributed by atoms with Gasteiger partial charge in [0.1, 0.15) is 5.82 Å². The molecule has 0 amide bonds. The van der Waals surface area contributed by atoms with Gasteiger partial charge in [-0.05, 0) is 58.7 Å². The van der Waals surface area contributed by atoms with E-state index in [2.05, 4.69) is 0 Å². The first-order chi connectivity index (χ1) is 15.0. The minimum atomic E-state index is -5.53. The lowest BCUT2D eigenvalue weighted by Gasteiger charge is -2.18. The number of rotatable bonds is 3. The van der Waals surface area contributed by atoms with E-state index in [1.807, 2.05) is 0 Å². The number of benzene rings is 3. The van der Waals surface area contributed by atoms with Crippen molar-refractivity contribution in [1.29, 1.82) is 0 Å². The molecule has 0 atom stereocenters. The topological polar surface area (TPSA) is 60.2 Å². The highest BCUT2D eigenvalue weighted by Crippen LogP contribution is 2.43. The summed E-state index contributed by atoms with van der Waals surface area (Å²) in [6.45, 7) is 0. The van der Waals surface area contributed by atoms with Gasteiger partial charge in [0.2, 0.25) is 10.0 Å². The SMILES string of the molecule is NS(=O)(=O)c1ccc(-c2cc(F)c(F)cc2-c2cc(C(F)(F)F)c(F)c(C(F)(F)F)c2)cc1. The predicted molar refractivity (Wildman–Crippen MR) is 98.6 cm³/mol. The molecule has 3 rings (SSSR count). The van der Waals surface area contributed by atoms with E-state index in [1.165, 1.54) is 0 Å². The Hall–Kier alpha value is -3.06. The van der Waals surface area contributed by atoms with Crippen LogP contribution in [-0.4, -0.2) is 8.42 Å². The van der Waals surface area contributed by atoms with E-state index in [9.17, 15) is 47.9 Å². The average molecular weight is 499 g/mol. The van der Waals surface area contributed by atoms with Crippen LogP contribution in [0.1, 0.15) is 11.1 Å². The predicted octanol–water partition coefficient (Wildman–Crippen LogP) is 6.12. The molecule has 2 N–H and O–H groups in total. The van der Waals surface area contributed by atoms with Crippen molar-refractivity contribution in [3.63, 3.8) is 0 Å². The maximum absolute atomic E-state index is 14.0. The van der Waals surface area contributed by atoms with Crippen molar-refractivity contribution in [3.8, 4) is 22.3 Å². The molecule has 0 saturated heterocycles. The molecular weight excluding hydrogens is 489 g/mol. The van der Waals surface area contributed by atoms with E-state index >= 15 is 0 Å². The molecular formula is C20H10F9NO2S. The average Bonchev–Trinajstić information content (AvgIpc) is 2.67. The van der Waals surface area contributed by atoms with E-state index in [1.54, 1.807) is 0 Å². The molecule has 0 aliphatic carbocycles. The van der Waals surface area contributed by atoms with Gasteiger partial charge in [-0.2, -0.15) is 26.3 Å². The third kappa shape index (κ3) is 4.98. The van der Waals surface area contributed by atoms with Gasteiger partial charge in [-0.15, -0.1) is 0 Å². The summed E-state index contributed by atoms with van der Waals surface area (Å²) >= 11 is 0. The summed E-state index contributed by atoms with van der Waals surface area (Å²) in [5.74, 6) is -5.65. The molecule has 3 nitrogen and oxygen atoms in total. The number of halogens is 9. The largest absolute Gasteiger partial charge is 0.419 e. The number of sulfonamides is 1. The maximum atomic E-state index is 14.0. The maximum Gasteiger partial charge on any atom is 0.419 e. The molecule has 3 aromatic carbocycles. The lowest BCUT2D eigenvalue weighted by atomic mass is 9.91. The van der Waals surface area contributed by atoms with Crippen molar-refractivity contribution in [1.82, 2.24) is 0 Å². The number of alkyl halides is 6. The van der Waals surface area contributed by atoms with Crippen LogP contribution in [0.2, 0.25) is 0 Å². The van der Waals surface area contributed by atoms with Crippen LogP contribution in [0, 0.1) is 17.5 Å². The normalized spacial score (nSPS) is 12.8. The van der Waals surface area contributed by atoms with E-state index < -0.39 is 67.0 Å². The lowest BCUT2D eigenvalue weighted by Crippen LogP contribution is -2.16. The first-order valence-electron chi connectivity index (χ1n) is 8.60. The highest BCUT2D eigenvalue weighted by Gasteiger charge is 2.42. The highest BCUT2D eigenvalue weighted by atomic mass is 32.2.